The van der Waals surface area contributed by atoms with Crippen LogP contribution < -0.4 is 2.89 Å². The maximum atomic E-state index is 5.91. The normalized spacial score (nSPS) is 19.1. The predicted octanol–water partition coefficient (Wildman–Crippen LogP) is 5.90. The van der Waals surface area contributed by atoms with Crippen molar-refractivity contribution in [3.05, 3.63) is 16.5 Å². The minimum atomic E-state index is -2.48. The molecule has 2 aliphatic rings. The maximum absolute atomic E-state index is 5.91. The summed E-state index contributed by atoms with van der Waals surface area (Å²) in [5, 5.41) is 0. The van der Waals surface area contributed by atoms with E-state index in [1.807, 2.05) is 11.3 Å². The van der Waals surface area contributed by atoms with E-state index in [2.05, 4.69) is 26.8 Å². The molecule has 2 saturated heterocycles. The SMILES string of the molecule is CCC[CH2][Sn]([CH2]CCC)([CH2]CCC)[c]1cc(C2OCCO2)c(C2OCCO2)s1. The molecule has 6 heteroatoms. The Hall–Kier alpha value is 0.339. The van der Waals surface area contributed by atoms with Crippen molar-refractivity contribution in [2.45, 2.75) is 85.2 Å². The van der Waals surface area contributed by atoms with Gasteiger partial charge < -0.3 is 0 Å². The van der Waals surface area contributed by atoms with Gasteiger partial charge in [-0.2, -0.15) is 0 Å². The van der Waals surface area contributed by atoms with Gasteiger partial charge in [-0.15, -0.1) is 0 Å². The molecule has 0 amide bonds. The summed E-state index contributed by atoms with van der Waals surface area (Å²) in [6, 6.07) is 2.47. The average Bonchev–Trinajstić information content (AvgIpc) is 3.48. The van der Waals surface area contributed by atoms with Crippen molar-refractivity contribution >= 4 is 32.6 Å². The van der Waals surface area contributed by atoms with Gasteiger partial charge >= 0.3 is 180 Å². The van der Waals surface area contributed by atoms with Gasteiger partial charge in [-0.3, -0.25) is 0 Å². The van der Waals surface area contributed by atoms with Gasteiger partial charge in [0.05, 0.1) is 0 Å². The second-order valence-corrected chi connectivity index (χ2v) is 23.4. The van der Waals surface area contributed by atoms with Crippen LogP contribution in [0.2, 0.25) is 13.3 Å². The second kappa shape index (κ2) is 11.7. The van der Waals surface area contributed by atoms with Crippen LogP contribution in [0.4, 0.5) is 0 Å². The first kappa shape index (κ1) is 23.0. The van der Waals surface area contributed by atoms with Crippen molar-refractivity contribution in [2.75, 3.05) is 26.4 Å². The molecule has 0 saturated carbocycles. The van der Waals surface area contributed by atoms with Gasteiger partial charge in [0.15, 0.2) is 0 Å². The summed E-state index contributed by atoms with van der Waals surface area (Å²) < 4.78 is 29.8. The van der Waals surface area contributed by atoms with E-state index < -0.39 is 18.4 Å². The molecular weight excluding hydrogens is 479 g/mol. The first-order chi connectivity index (χ1) is 13.7. The molecule has 0 radical (unpaired) electrons. The van der Waals surface area contributed by atoms with E-state index in [4.69, 9.17) is 18.9 Å². The zero-order chi connectivity index (χ0) is 19.8. The van der Waals surface area contributed by atoms with Crippen LogP contribution in [-0.4, -0.2) is 44.8 Å². The van der Waals surface area contributed by atoms with Crippen LogP contribution >= 0.6 is 11.3 Å². The Morgan fingerprint density at radius 3 is 1.71 bits per heavy atom. The van der Waals surface area contributed by atoms with Gasteiger partial charge in [0.2, 0.25) is 0 Å². The summed E-state index contributed by atoms with van der Waals surface area (Å²) in [7, 11) is 0. The molecule has 0 spiro atoms. The van der Waals surface area contributed by atoms with E-state index in [-0.39, 0.29) is 12.6 Å². The molecule has 0 atom stereocenters. The Balaban J connectivity index is 1.97. The quantitative estimate of drug-likeness (QED) is 0.324. The van der Waals surface area contributed by atoms with Gasteiger partial charge in [-0.25, -0.2) is 0 Å². The average molecular weight is 517 g/mol. The van der Waals surface area contributed by atoms with Crippen molar-refractivity contribution in [1.82, 2.24) is 0 Å². The Labute approximate surface area is 179 Å². The van der Waals surface area contributed by atoms with Gasteiger partial charge in [0, 0.05) is 0 Å². The molecule has 2 fully saturated rings. The van der Waals surface area contributed by atoms with E-state index in [1.165, 1.54) is 62.3 Å². The molecule has 0 aliphatic carbocycles. The Kier molecular flexibility index (Phi) is 9.58. The third kappa shape index (κ3) is 5.52. The van der Waals surface area contributed by atoms with Gasteiger partial charge in [0.25, 0.3) is 0 Å². The predicted molar refractivity (Wildman–Crippen MR) is 118 cm³/mol. The minimum absolute atomic E-state index is 0.228. The molecule has 1 aromatic heterocycles. The van der Waals surface area contributed by atoms with Crippen LogP contribution in [0.3, 0.4) is 0 Å². The number of hydrogen-bond acceptors (Lipinski definition) is 5. The van der Waals surface area contributed by atoms with Crippen molar-refractivity contribution in [3.63, 3.8) is 0 Å². The van der Waals surface area contributed by atoms with E-state index in [9.17, 15) is 0 Å². The van der Waals surface area contributed by atoms with E-state index in [1.54, 1.807) is 2.89 Å². The monoisotopic (exact) mass is 518 g/mol. The first-order valence-corrected chi connectivity index (χ1v) is 19.6. The van der Waals surface area contributed by atoms with Crippen molar-refractivity contribution in [2.24, 2.45) is 0 Å². The van der Waals surface area contributed by atoms with Crippen molar-refractivity contribution in [3.8, 4) is 0 Å². The van der Waals surface area contributed by atoms with E-state index in [0.29, 0.717) is 26.4 Å². The third-order valence-corrected chi connectivity index (χ3v) is 25.4. The van der Waals surface area contributed by atoms with Crippen molar-refractivity contribution in [1.29, 1.82) is 0 Å². The Morgan fingerprint density at radius 2 is 1.25 bits per heavy atom. The fourth-order valence-electron chi connectivity index (χ4n) is 4.39. The molecule has 0 unspecified atom stereocenters. The molecule has 3 rings (SSSR count). The van der Waals surface area contributed by atoms with E-state index in [0.717, 1.165) is 0 Å². The molecular formula is C22H38O4SSn. The number of thiophene rings is 1. The van der Waals surface area contributed by atoms with Crippen LogP contribution in [0.25, 0.3) is 0 Å². The van der Waals surface area contributed by atoms with Crippen LogP contribution in [0.15, 0.2) is 6.07 Å². The van der Waals surface area contributed by atoms with Crippen LogP contribution in [0, 0.1) is 0 Å². The summed E-state index contributed by atoms with van der Waals surface area (Å²) in [6.45, 7) is 9.72. The molecule has 0 aromatic carbocycles. The summed E-state index contributed by atoms with van der Waals surface area (Å²) >= 11 is -0.493. The van der Waals surface area contributed by atoms with Gasteiger partial charge in [-0.05, 0) is 0 Å². The van der Waals surface area contributed by atoms with Gasteiger partial charge in [-0.1, -0.05) is 0 Å². The molecule has 0 N–H and O–H groups in total. The third-order valence-electron chi connectivity index (χ3n) is 6.05. The molecule has 2 aliphatic heterocycles. The summed E-state index contributed by atoms with van der Waals surface area (Å²) in [4.78, 5) is 1.21. The van der Waals surface area contributed by atoms with Gasteiger partial charge in [0.1, 0.15) is 0 Å². The fraction of sp³-hybridized carbons (Fsp3) is 0.818. The zero-order valence-electron chi connectivity index (χ0n) is 18.0. The number of rotatable bonds is 12. The molecule has 0 bridgehead atoms. The molecule has 160 valence electrons. The molecule has 28 heavy (non-hydrogen) atoms. The van der Waals surface area contributed by atoms with Crippen molar-refractivity contribution < 1.29 is 18.9 Å². The number of ether oxygens (including phenoxy) is 4. The zero-order valence-corrected chi connectivity index (χ0v) is 21.6. The summed E-state index contributed by atoms with van der Waals surface area (Å²) in [6.07, 6.45) is 7.55. The summed E-state index contributed by atoms with van der Waals surface area (Å²) in [5.41, 5.74) is 1.19. The number of hydrogen-bond donors (Lipinski definition) is 0. The molecule has 4 nitrogen and oxygen atoms in total. The summed E-state index contributed by atoms with van der Waals surface area (Å²) in [5.74, 6) is 0. The fourth-order valence-corrected chi connectivity index (χ4v) is 24.8. The molecule has 3 heterocycles. The van der Waals surface area contributed by atoms with E-state index >= 15 is 0 Å². The number of unbranched alkanes of at least 4 members (excludes halogenated alkanes) is 3. The van der Waals surface area contributed by atoms with Crippen LogP contribution in [0.1, 0.15) is 82.3 Å². The standard InChI is InChI=1S/C10H11O4S.3C4H9.Sn/c1-6-15-8(10-13-4-5-14-10)7(1)9-11-2-3-12-9;3*1-3-4-2;/h1,9-10H,2-5H2;3*1,3-4H2,2H3;. The topological polar surface area (TPSA) is 36.9 Å². The first-order valence-electron chi connectivity index (χ1n) is 11.3. The molecule has 1 aromatic rings. The Morgan fingerprint density at radius 1 is 0.786 bits per heavy atom. The Bertz CT molecular complexity index is 524. The van der Waals surface area contributed by atoms with Crippen LogP contribution in [0.5, 0.6) is 0 Å². The second-order valence-electron chi connectivity index (χ2n) is 8.17. The van der Waals surface area contributed by atoms with Crippen LogP contribution in [-0.2, 0) is 18.9 Å².